The van der Waals surface area contributed by atoms with Crippen LogP contribution in [0.25, 0.3) is 11.2 Å². The van der Waals surface area contributed by atoms with Crippen LogP contribution in [-0.2, 0) is 39.2 Å². The fraction of sp³-hybridized carbons (Fsp3) is 0.476. The molecule has 0 radical (unpaired) electrons. The first-order valence-corrected chi connectivity index (χ1v) is 12.9. The maximum atomic E-state index is 12.7. The van der Waals surface area contributed by atoms with Gasteiger partial charge in [-0.3, -0.25) is 18.5 Å². The number of phosphoric ester groups is 1. The molecule has 17 heteroatoms. The number of ether oxygens (including phenoxy) is 2. The van der Waals surface area contributed by atoms with Crippen molar-refractivity contribution in [2.45, 2.75) is 37.5 Å². The van der Waals surface area contributed by atoms with Gasteiger partial charge in [-0.1, -0.05) is 0 Å². The highest BCUT2D eigenvalue weighted by atomic mass is 31.2. The molecule has 5 atom stereocenters. The molecule has 0 bridgehead atoms. The molecule has 1 saturated heterocycles. The topological polar surface area (TPSA) is 211 Å². The summed E-state index contributed by atoms with van der Waals surface area (Å²) in [5, 5.41) is 20.5. The number of aliphatic hydroxyl groups is 2. The van der Waals surface area contributed by atoms with Crippen LogP contribution in [0.3, 0.4) is 0 Å². The molecule has 0 aliphatic carbocycles. The number of pyridine rings is 1. The van der Waals surface area contributed by atoms with Gasteiger partial charge in [-0.2, -0.15) is 4.57 Å². The number of aryl methyl sites for hydroxylation is 2. The van der Waals surface area contributed by atoms with Crippen LogP contribution in [0, 0.1) is 0 Å². The number of aliphatic hydroxyl groups excluding tert-OH is 2. The largest absolute Gasteiger partial charge is 0.756 e. The maximum absolute atomic E-state index is 12.7. The Morgan fingerprint density at radius 1 is 1.29 bits per heavy atom. The molecule has 3 aromatic heterocycles. The molecule has 4 heterocycles. The number of esters is 1. The number of carbonyl (C=O) groups is 1. The number of aromatic nitrogens is 5. The van der Waals surface area contributed by atoms with Gasteiger partial charge in [0.15, 0.2) is 29.7 Å². The first-order valence-electron chi connectivity index (χ1n) is 11.4. The second-order valence-corrected chi connectivity index (χ2v) is 9.86. The second-order valence-electron chi connectivity index (χ2n) is 8.67. The lowest BCUT2D eigenvalue weighted by atomic mass is 10.1. The number of hydrogen-bond donors (Lipinski definition) is 3. The van der Waals surface area contributed by atoms with E-state index in [1.54, 1.807) is 7.05 Å². The number of imidazole rings is 1. The number of hydrogen-bond acceptors (Lipinski definition) is 11. The van der Waals surface area contributed by atoms with Gasteiger partial charge >= 0.3 is 11.7 Å². The number of phosphoric acid groups is 1. The SMILES string of the molecule is Cn1cnc2c1c(=O)n(CCCOC(=O)c1ccc[n+]([C@@H]3O[C@H](COP(=O)([O-])O)[C@@H](O)[C@H]3O)c1)c(=O)n2C. The lowest BCUT2D eigenvalue weighted by Gasteiger charge is -2.19. The van der Waals surface area contributed by atoms with Crippen molar-refractivity contribution in [1.29, 1.82) is 0 Å². The Bertz CT molecular complexity index is 1510. The van der Waals surface area contributed by atoms with Crippen LogP contribution in [0.4, 0.5) is 0 Å². The second kappa shape index (κ2) is 10.9. The van der Waals surface area contributed by atoms with Crippen LogP contribution in [0.1, 0.15) is 23.0 Å². The van der Waals surface area contributed by atoms with Gasteiger partial charge in [0.1, 0.15) is 17.8 Å². The Morgan fingerprint density at radius 2 is 2.03 bits per heavy atom. The van der Waals surface area contributed by atoms with E-state index in [1.165, 1.54) is 51.6 Å². The van der Waals surface area contributed by atoms with Gasteiger partial charge in [0.05, 0.1) is 19.5 Å². The fourth-order valence-electron chi connectivity index (χ4n) is 4.12. The van der Waals surface area contributed by atoms with Gasteiger partial charge in [0.2, 0.25) is 0 Å². The van der Waals surface area contributed by atoms with Crippen molar-refractivity contribution in [3.8, 4) is 0 Å². The Balaban J connectivity index is 1.38. The molecule has 0 spiro atoms. The Kier molecular flexibility index (Phi) is 7.94. The summed E-state index contributed by atoms with van der Waals surface area (Å²) in [6.45, 7) is -0.833. The maximum Gasteiger partial charge on any atom is 0.344 e. The molecule has 1 aliphatic heterocycles. The number of carbonyl (C=O) groups excluding carboxylic acids is 1. The lowest BCUT2D eigenvalue weighted by molar-refractivity contribution is -0.765. The first-order chi connectivity index (χ1) is 17.9. The minimum Gasteiger partial charge on any atom is -0.756 e. The summed E-state index contributed by atoms with van der Waals surface area (Å²) in [5.74, 6) is -0.734. The predicted molar refractivity (Wildman–Crippen MR) is 123 cm³/mol. The summed E-state index contributed by atoms with van der Waals surface area (Å²) in [7, 11) is -1.91. The highest BCUT2D eigenvalue weighted by Crippen LogP contribution is 2.33. The molecule has 0 amide bonds. The molecule has 38 heavy (non-hydrogen) atoms. The van der Waals surface area contributed by atoms with Crippen LogP contribution in [0.2, 0.25) is 0 Å². The summed E-state index contributed by atoms with van der Waals surface area (Å²) < 4.78 is 30.9. The molecule has 1 fully saturated rings. The Morgan fingerprint density at radius 3 is 2.74 bits per heavy atom. The Hall–Kier alpha value is -3.24. The van der Waals surface area contributed by atoms with Crippen molar-refractivity contribution in [2.75, 3.05) is 13.2 Å². The van der Waals surface area contributed by atoms with Crippen molar-refractivity contribution >= 4 is 25.0 Å². The number of fused-ring (bicyclic) bond motifs is 1. The van der Waals surface area contributed by atoms with E-state index in [0.29, 0.717) is 0 Å². The van der Waals surface area contributed by atoms with Gasteiger partial charge in [-0.15, -0.1) is 0 Å². The van der Waals surface area contributed by atoms with Crippen molar-refractivity contribution in [3.63, 3.8) is 0 Å². The lowest BCUT2D eigenvalue weighted by Crippen LogP contribution is -2.46. The summed E-state index contributed by atoms with van der Waals surface area (Å²) in [5.41, 5.74) is -0.441. The van der Waals surface area contributed by atoms with Crippen LogP contribution in [-0.4, -0.2) is 71.3 Å². The van der Waals surface area contributed by atoms with Crippen LogP contribution < -0.4 is 20.7 Å². The van der Waals surface area contributed by atoms with Gasteiger partial charge in [0.25, 0.3) is 19.6 Å². The van der Waals surface area contributed by atoms with Gasteiger partial charge < -0.3 is 38.6 Å². The minimum absolute atomic E-state index is 0.00226. The quantitative estimate of drug-likeness (QED) is 0.105. The van der Waals surface area contributed by atoms with E-state index < -0.39 is 56.2 Å². The third kappa shape index (κ3) is 5.61. The number of rotatable bonds is 9. The zero-order valence-electron chi connectivity index (χ0n) is 20.3. The highest BCUT2D eigenvalue weighted by Gasteiger charge is 2.48. The van der Waals surface area contributed by atoms with Gasteiger partial charge in [0, 0.05) is 26.7 Å². The van der Waals surface area contributed by atoms with Crippen molar-refractivity contribution in [3.05, 3.63) is 57.3 Å². The third-order valence-electron chi connectivity index (χ3n) is 6.05. The van der Waals surface area contributed by atoms with Gasteiger partial charge in [-0.25, -0.2) is 14.6 Å². The molecule has 16 nitrogen and oxygen atoms in total. The van der Waals surface area contributed by atoms with Crippen molar-refractivity contribution in [2.24, 2.45) is 14.1 Å². The van der Waals surface area contributed by atoms with E-state index in [0.717, 1.165) is 4.57 Å². The van der Waals surface area contributed by atoms with Crippen LogP contribution in [0.15, 0.2) is 40.4 Å². The highest BCUT2D eigenvalue weighted by molar-refractivity contribution is 7.44. The summed E-state index contributed by atoms with van der Waals surface area (Å²) in [6, 6.07) is 2.90. The average Bonchev–Trinajstić information content (AvgIpc) is 3.40. The zero-order chi connectivity index (χ0) is 27.8. The molecule has 0 saturated carbocycles. The average molecular weight is 555 g/mol. The first kappa shape index (κ1) is 27.8. The van der Waals surface area contributed by atoms with Crippen molar-refractivity contribution in [1.82, 2.24) is 18.7 Å². The normalized spacial score (nSPS) is 23.0. The molecule has 3 N–H and O–H groups in total. The van der Waals surface area contributed by atoms with E-state index in [4.69, 9.17) is 14.4 Å². The molecular formula is C21H26N5O11P. The van der Waals surface area contributed by atoms with E-state index in [-0.39, 0.29) is 36.3 Å². The van der Waals surface area contributed by atoms with E-state index in [1.807, 2.05) is 0 Å². The molecule has 0 aromatic carbocycles. The molecule has 4 rings (SSSR count). The van der Waals surface area contributed by atoms with Crippen LogP contribution in [0.5, 0.6) is 0 Å². The standard InChI is InChI=1S/C21H26N5O11P/c1-23-11-22-17-14(23)18(29)26(21(31)24(17)2)7-4-8-35-20(30)12-5-3-6-25(9-12)19-16(28)15(27)13(37-19)10-36-38(32,33)34/h3,5-6,9,11,13,15-16,19,27-28H,4,7-8,10H2,1-2H3,(H-,32,33,34)/t13-,15-,16-,19-/m1/s1. The van der Waals surface area contributed by atoms with Crippen molar-refractivity contribution < 1.29 is 47.9 Å². The van der Waals surface area contributed by atoms with E-state index >= 15 is 0 Å². The summed E-state index contributed by atoms with van der Waals surface area (Å²) >= 11 is 0. The molecule has 206 valence electrons. The molecule has 1 unspecified atom stereocenters. The van der Waals surface area contributed by atoms with Crippen LogP contribution >= 0.6 is 7.82 Å². The summed E-state index contributed by atoms with van der Waals surface area (Å²) in [6.07, 6.45) is -1.14. The van der Waals surface area contributed by atoms with Gasteiger partial charge in [-0.05, 0) is 12.5 Å². The fourth-order valence-corrected chi connectivity index (χ4v) is 4.45. The smallest absolute Gasteiger partial charge is 0.344 e. The third-order valence-corrected chi connectivity index (χ3v) is 6.53. The zero-order valence-corrected chi connectivity index (χ0v) is 21.2. The Labute approximate surface area is 214 Å². The summed E-state index contributed by atoms with van der Waals surface area (Å²) in [4.78, 5) is 61.5. The monoisotopic (exact) mass is 555 g/mol. The number of nitrogens with zero attached hydrogens (tertiary/aromatic N) is 5. The predicted octanol–water partition coefficient (Wildman–Crippen LogP) is -2.94. The minimum atomic E-state index is -5.06. The molecule has 3 aromatic rings. The van der Waals surface area contributed by atoms with E-state index in [9.17, 15) is 34.1 Å². The molecular weight excluding hydrogens is 529 g/mol. The van der Waals surface area contributed by atoms with E-state index in [2.05, 4.69) is 9.51 Å². The molecule has 1 aliphatic rings.